The molecule has 0 aliphatic rings. The van der Waals surface area contributed by atoms with Crippen LogP contribution in [0, 0.1) is 27.7 Å². The Hall–Kier alpha value is -2.49. The summed E-state index contributed by atoms with van der Waals surface area (Å²) in [5.74, 6) is 0. The number of aliphatic imine (C=N–C) groups is 2. The van der Waals surface area contributed by atoms with E-state index in [1.165, 1.54) is 5.56 Å². The maximum atomic E-state index is 6.35. The van der Waals surface area contributed by atoms with Crippen LogP contribution in [0.15, 0.2) is 52.4 Å². The van der Waals surface area contributed by atoms with Gasteiger partial charge in [0, 0.05) is 5.02 Å². The molecule has 154 valence electrons. The van der Waals surface area contributed by atoms with E-state index in [0.29, 0.717) is 15.7 Å². The fourth-order valence-electron chi connectivity index (χ4n) is 3.47. The van der Waals surface area contributed by atoms with E-state index in [-0.39, 0.29) is 0 Å². The van der Waals surface area contributed by atoms with Gasteiger partial charge in [-0.1, -0.05) is 47.0 Å². The van der Waals surface area contributed by atoms with Crippen molar-refractivity contribution in [1.82, 2.24) is 4.98 Å². The first-order valence-corrected chi connectivity index (χ1v) is 10.5. The molecule has 3 rings (SSSR count). The van der Waals surface area contributed by atoms with E-state index < -0.39 is 0 Å². The van der Waals surface area contributed by atoms with Gasteiger partial charge in [-0.2, -0.15) is 0 Å². The summed E-state index contributed by atoms with van der Waals surface area (Å²) in [4.78, 5) is 14.4. The lowest BCUT2D eigenvalue weighted by molar-refractivity contribution is 1.23. The molecule has 1 aromatic heterocycles. The van der Waals surface area contributed by atoms with Gasteiger partial charge in [0.05, 0.1) is 39.2 Å². The van der Waals surface area contributed by atoms with E-state index in [4.69, 9.17) is 38.2 Å². The second kappa shape index (κ2) is 9.11. The van der Waals surface area contributed by atoms with Crippen LogP contribution in [0.4, 0.5) is 11.4 Å². The van der Waals surface area contributed by atoms with E-state index >= 15 is 0 Å². The Morgan fingerprint density at radius 2 is 1.23 bits per heavy atom. The van der Waals surface area contributed by atoms with E-state index in [2.05, 4.69) is 32.9 Å². The molecule has 0 saturated heterocycles. The molecule has 5 heteroatoms. The second-order valence-corrected chi connectivity index (χ2v) is 8.45. The molecule has 1 heterocycles. The Morgan fingerprint density at radius 1 is 0.733 bits per heavy atom. The van der Waals surface area contributed by atoms with Gasteiger partial charge in [-0.3, -0.25) is 4.99 Å². The Balaban J connectivity index is 1.99. The van der Waals surface area contributed by atoms with Gasteiger partial charge >= 0.3 is 0 Å². The number of nitrogens with zero attached hydrogens (tertiary/aromatic N) is 3. The first kappa shape index (κ1) is 22.2. The molecule has 0 amide bonds. The Kier molecular flexibility index (Phi) is 6.74. The zero-order chi connectivity index (χ0) is 22.0. The highest BCUT2D eigenvalue weighted by atomic mass is 35.5. The van der Waals surface area contributed by atoms with E-state index in [0.717, 1.165) is 45.2 Å². The lowest BCUT2D eigenvalue weighted by Gasteiger charge is -2.10. The zero-order valence-electron chi connectivity index (χ0n) is 18.1. The zero-order valence-corrected chi connectivity index (χ0v) is 19.7. The number of hydrogen-bond donors (Lipinski definition) is 0. The molecule has 30 heavy (non-hydrogen) atoms. The van der Waals surface area contributed by atoms with Crippen molar-refractivity contribution in [1.29, 1.82) is 0 Å². The molecule has 0 spiro atoms. The largest absolute Gasteiger partial charge is 0.251 e. The van der Waals surface area contributed by atoms with Crippen molar-refractivity contribution in [2.75, 3.05) is 0 Å². The summed E-state index contributed by atoms with van der Waals surface area (Å²) in [5.41, 5.74) is 9.43. The summed E-state index contributed by atoms with van der Waals surface area (Å²) in [6, 6.07) is 13.7. The minimum atomic E-state index is 0.526. The maximum Gasteiger partial charge on any atom is 0.0850 e. The quantitative estimate of drug-likeness (QED) is 0.382. The highest BCUT2D eigenvalue weighted by Gasteiger charge is 2.10. The predicted octanol–water partition coefficient (Wildman–Crippen LogP) is 7.90. The summed E-state index contributed by atoms with van der Waals surface area (Å²) < 4.78 is 0. The van der Waals surface area contributed by atoms with Crippen LogP contribution in [0.5, 0.6) is 0 Å². The second-order valence-electron chi connectivity index (χ2n) is 7.60. The van der Waals surface area contributed by atoms with Crippen LogP contribution in [0.1, 0.15) is 47.5 Å². The van der Waals surface area contributed by atoms with Crippen molar-refractivity contribution in [3.8, 4) is 0 Å². The maximum absolute atomic E-state index is 6.35. The molecule has 0 fully saturated rings. The standard InChI is InChI=1S/C25H25Cl2N3/c1-14-10-15(2)24(16(3)11-14)28-18(5)22-8-7-9-23(30-22)19(6)29-25-17(4)12-20(26)13-21(25)27/h7-13H,1-6H3/b28-18+,29-19+. The average Bonchev–Trinajstić information content (AvgIpc) is 2.67. The fourth-order valence-corrected chi connectivity index (χ4v) is 4.11. The molecule has 3 aromatic rings. The molecule has 2 aromatic carbocycles. The highest BCUT2D eigenvalue weighted by molar-refractivity contribution is 6.36. The van der Waals surface area contributed by atoms with Crippen molar-refractivity contribution in [2.45, 2.75) is 41.5 Å². The third-order valence-corrected chi connectivity index (χ3v) is 5.41. The number of hydrogen-bond acceptors (Lipinski definition) is 3. The minimum Gasteiger partial charge on any atom is -0.251 e. The molecular weight excluding hydrogens is 413 g/mol. The fraction of sp³-hybridized carbons (Fsp3) is 0.240. The van der Waals surface area contributed by atoms with Crippen LogP contribution < -0.4 is 0 Å². The molecule has 0 aliphatic carbocycles. The third kappa shape index (κ3) is 4.97. The molecule has 0 unspecified atom stereocenters. The van der Waals surface area contributed by atoms with Crippen molar-refractivity contribution >= 4 is 46.0 Å². The first-order chi connectivity index (χ1) is 14.2. The van der Waals surface area contributed by atoms with Gasteiger partial charge in [0.25, 0.3) is 0 Å². The van der Waals surface area contributed by atoms with Gasteiger partial charge in [0.15, 0.2) is 0 Å². The number of aromatic nitrogens is 1. The number of pyridine rings is 1. The van der Waals surface area contributed by atoms with E-state index in [9.17, 15) is 0 Å². The Morgan fingerprint density at radius 3 is 1.77 bits per heavy atom. The number of aryl methyl sites for hydroxylation is 4. The normalized spacial score (nSPS) is 12.4. The Labute approximate surface area is 188 Å². The van der Waals surface area contributed by atoms with E-state index in [1.54, 1.807) is 6.07 Å². The molecule has 0 radical (unpaired) electrons. The number of rotatable bonds is 4. The molecule has 0 N–H and O–H groups in total. The molecule has 0 bridgehead atoms. The Bertz CT molecular complexity index is 1040. The number of benzene rings is 2. The molecule has 0 saturated carbocycles. The van der Waals surface area contributed by atoms with Gasteiger partial charge in [-0.25, -0.2) is 9.98 Å². The molecule has 0 atom stereocenters. The summed E-state index contributed by atoms with van der Waals surface area (Å²) in [6.07, 6.45) is 0. The summed E-state index contributed by atoms with van der Waals surface area (Å²) in [6.45, 7) is 12.1. The van der Waals surface area contributed by atoms with Crippen LogP contribution in [0.3, 0.4) is 0 Å². The van der Waals surface area contributed by atoms with Crippen LogP contribution in [0.2, 0.25) is 10.0 Å². The third-order valence-electron chi connectivity index (χ3n) is 4.90. The molecular formula is C25H25Cl2N3. The van der Waals surface area contributed by atoms with E-state index in [1.807, 2.05) is 45.0 Å². The summed E-state index contributed by atoms with van der Waals surface area (Å²) in [5, 5.41) is 1.13. The molecule has 3 nitrogen and oxygen atoms in total. The predicted molar refractivity (Wildman–Crippen MR) is 130 cm³/mol. The van der Waals surface area contributed by atoms with Gasteiger partial charge in [-0.05, 0) is 82.5 Å². The number of halogens is 2. The van der Waals surface area contributed by atoms with Gasteiger partial charge < -0.3 is 0 Å². The lowest BCUT2D eigenvalue weighted by Crippen LogP contribution is -2.05. The van der Waals surface area contributed by atoms with Gasteiger partial charge in [0.1, 0.15) is 0 Å². The first-order valence-electron chi connectivity index (χ1n) is 9.77. The van der Waals surface area contributed by atoms with Gasteiger partial charge in [-0.15, -0.1) is 0 Å². The smallest absolute Gasteiger partial charge is 0.0850 e. The van der Waals surface area contributed by atoms with Crippen molar-refractivity contribution in [3.63, 3.8) is 0 Å². The highest BCUT2D eigenvalue weighted by Crippen LogP contribution is 2.32. The van der Waals surface area contributed by atoms with Crippen LogP contribution in [0.25, 0.3) is 0 Å². The monoisotopic (exact) mass is 437 g/mol. The minimum absolute atomic E-state index is 0.526. The SMILES string of the molecule is C/C(=N\c1c(C)cc(C)cc1C)c1cccc(/C(C)=N/c2c(C)cc(Cl)cc2Cl)n1. The van der Waals surface area contributed by atoms with Gasteiger partial charge in [0.2, 0.25) is 0 Å². The van der Waals surface area contributed by atoms with Crippen LogP contribution in [-0.4, -0.2) is 16.4 Å². The lowest BCUT2D eigenvalue weighted by atomic mass is 10.1. The average molecular weight is 438 g/mol. The summed E-state index contributed by atoms with van der Waals surface area (Å²) >= 11 is 12.4. The van der Waals surface area contributed by atoms with Crippen LogP contribution >= 0.6 is 23.2 Å². The summed E-state index contributed by atoms with van der Waals surface area (Å²) in [7, 11) is 0. The molecule has 0 aliphatic heterocycles. The van der Waals surface area contributed by atoms with Crippen molar-refractivity contribution in [2.24, 2.45) is 9.98 Å². The van der Waals surface area contributed by atoms with Crippen molar-refractivity contribution < 1.29 is 0 Å². The van der Waals surface area contributed by atoms with Crippen molar-refractivity contribution in [3.05, 3.63) is 86.2 Å². The van der Waals surface area contributed by atoms with Crippen LogP contribution in [-0.2, 0) is 0 Å². The topological polar surface area (TPSA) is 37.6 Å².